The standard InChI is InChI=1S/C40H25N3O/c1-3-12-26(13-4-1)34-25-35(33-19-11-18-32-31-17-8-10-21-38(31)44-39(32)33)42-40(41-34)27-22-23-30-29-16-7-9-20-36(29)43(37(30)24-27)28-14-5-2-6-15-28/h1-25H. The lowest BCUT2D eigenvalue weighted by atomic mass is 10.0. The number of aromatic nitrogens is 3. The highest BCUT2D eigenvalue weighted by Crippen LogP contribution is 2.38. The van der Waals surface area contributed by atoms with Gasteiger partial charge in [0.1, 0.15) is 11.2 Å². The number of nitrogens with zero attached hydrogens (tertiary/aromatic N) is 3. The van der Waals surface area contributed by atoms with Gasteiger partial charge in [0.2, 0.25) is 0 Å². The zero-order valence-corrected chi connectivity index (χ0v) is 23.7. The van der Waals surface area contributed by atoms with Crippen molar-refractivity contribution in [3.05, 3.63) is 152 Å². The van der Waals surface area contributed by atoms with E-state index in [0.717, 1.165) is 61.2 Å². The quantitative estimate of drug-likeness (QED) is 0.214. The minimum atomic E-state index is 0.668. The minimum absolute atomic E-state index is 0.668. The van der Waals surface area contributed by atoms with E-state index in [0.29, 0.717) is 5.82 Å². The zero-order valence-electron chi connectivity index (χ0n) is 23.7. The van der Waals surface area contributed by atoms with Gasteiger partial charge in [-0.15, -0.1) is 0 Å². The number of hydrogen-bond acceptors (Lipinski definition) is 3. The molecule has 44 heavy (non-hydrogen) atoms. The number of fused-ring (bicyclic) bond motifs is 6. The van der Waals surface area contributed by atoms with E-state index >= 15 is 0 Å². The molecule has 0 saturated heterocycles. The number of benzene rings is 6. The van der Waals surface area contributed by atoms with Crippen molar-refractivity contribution in [1.82, 2.24) is 14.5 Å². The Morgan fingerprint density at radius 2 is 1.14 bits per heavy atom. The van der Waals surface area contributed by atoms with Gasteiger partial charge in [0.15, 0.2) is 5.82 Å². The van der Waals surface area contributed by atoms with E-state index in [1.165, 1.54) is 16.3 Å². The molecule has 206 valence electrons. The van der Waals surface area contributed by atoms with Crippen LogP contribution in [0.4, 0.5) is 0 Å². The molecular formula is C40H25N3O. The summed E-state index contributed by atoms with van der Waals surface area (Å²) >= 11 is 0. The molecule has 0 aliphatic rings. The number of furan rings is 1. The van der Waals surface area contributed by atoms with Crippen molar-refractivity contribution in [3.8, 4) is 39.6 Å². The lowest BCUT2D eigenvalue weighted by molar-refractivity contribution is 0.670. The molecule has 0 atom stereocenters. The smallest absolute Gasteiger partial charge is 0.160 e. The fraction of sp³-hybridized carbons (Fsp3) is 0. The van der Waals surface area contributed by atoms with Crippen LogP contribution in [0.15, 0.2) is 156 Å². The second-order valence-electron chi connectivity index (χ2n) is 11.0. The Morgan fingerprint density at radius 3 is 2.00 bits per heavy atom. The maximum Gasteiger partial charge on any atom is 0.160 e. The van der Waals surface area contributed by atoms with Crippen LogP contribution in [0, 0.1) is 0 Å². The van der Waals surface area contributed by atoms with Gasteiger partial charge in [0.05, 0.1) is 22.4 Å². The summed E-state index contributed by atoms with van der Waals surface area (Å²) in [5, 5.41) is 4.59. The predicted molar refractivity (Wildman–Crippen MR) is 180 cm³/mol. The molecule has 0 N–H and O–H groups in total. The highest BCUT2D eigenvalue weighted by atomic mass is 16.3. The Balaban J connectivity index is 1.31. The third-order valence-corrected chi connectivity index (χ3v) is 8.42. The Bertz CT molecular complexity index is 2490. The highest BCUT2D eigenvalue weighted by Gasteiger charge is 2.18. The summed E-state index contributed by atoms with van der Waals surface area (Å²) in [6.45, 7) is 0. The Hall–Kier alpha value is -6.00. The van der Waals surface area contributed by atoms with E-state index in [4.69, 9.17) is 14.4 Å². The van der Waals surface area contributed by atoms with Crippen molar-refractivity contribution in [2.75, 3.05) is 0 Å². The Morgan fingerprint density at radius 1 is 0.455 bits per heavy atom. The number of para-hydroxylation sites is 4. The van der Waals surface area contributed by atoms with Crippen molar-refractivity contribution >= 4 is 43.7 Å². The summed E-state index contributed by atoms with van der Waals surface area (Å²) in [7, 11) is 0. The van der Waals surface area contributed by atoms with Gasteiger partial charge in [-0.1, -0.05) is 109 Å². The summed E-state index contributed by atoms with van der Waals surface area (Å²) < 4.78 is 8.75. The van der Waals surface area contributed by atoms with Crippen LogP contribution in [0.1, 0.15) is 0 Å². The Kier molecular flexibility index (Phi) is 5.47. The minimum Gasteiger partial charge on any atom is -0.455 e. The largest absolute Gasteiger partial charge is 0.455 e. The molecule has 0 spiro atoms. The first-order chi connectivity index (χ1) is 21.8. The van der Waals surface area contributed by atoms with E-state index in [1.54, 1.807) is 0 Å². The lowest BCUT2D eigenvalue weighted by Gasteiger charge is -2.11. The second kappa shape index (κ2) is 9.79. The first-order valence-electron chi connectivity index (χ1n) is 14.8. The average Bonchev–Trinajstić information content (AvgIpc) is 3.64. The topological polar surface area (TPSA) is 43.9 Å². The first-order valence-corrected chi connectivity index (χ1v) is 14.8. The third-order valence-electron chi connectivity index (χ3n) is 8.42. The van der Waals surface area contributed by atoms with E-state index in [9.17, 15) is 0 Å². The molecule has 0 saturated carbocycles. The van der Waals surface area contributed by atoms with Gasteiger partial charge >= 0.3 is 0 Å². The summed E-state index contributed by atoms with van der Waals surface area (Å²) in [6.07, 6.45) is 0. The van der Waals surface area contributed by atoms with Crippen LogP contribution in [0.3, 0.4) is 0 Å². The first kappa shape index (κ1) is 24.6. The average molecular weight is 564 g/mol. The van der Waals surface area contributed by atoms with Gasteiger partial charge in [0.25, 0.3) is 0 Å². The predicted octanol–water partition coefficient (Wildman–Crippen LogP) is 10.5. The summed E-state index contributed by atoms with van der Waals surface area (Å²) in [5.41, 5.74) is 9.72. The lowest BCUT2D eigenvalue weighted by Crippen LogP contribution is -1.97. The molecule has 0 unspecified atom stereocenters. The van der Waals surface area contributed by atoms with Crippen molar-refractivity contribution in [2.24, 2.45) is 0 Å². The molecule has 0 amide bonds. The van der Waals surface area contributed by atoms with Crippen LogP contribution in [0.5, 0.6) is 0 Å². The van der Waals surface area contributed by atoms with Crippen molar-refractivity contribution < 1.29 is 4.42 Å². The van der Waals surface area contributed by atoms with Crippen LogP contribution in [-0.4, -0.2) is 14.5 Å². The van der Waals surface area contributed by atoms with Gasteiger partial charge < -0.3 is 8.98 Å². The highest BCUT2D eigenvalue weighted by molar-refractivity contribution is 6.11. The van der Waals surface area contributed by atoms with Gasteiger partial charge in [-0.3, -0.25) is 0 Å². The van der Waals surface area contributed by atoms with Crippen LogP contribution < -0.4 is 0 Å². The molecule has 0 aliphatic heterocycles. The third kappa shape index (κ3) is 3.85. The molecule has 6 aromatic carbocycles. The SMILES string of the molecule is c1ccc(-c2cc(-c3cccc4c3oc3ccccc34)nc(-c3ccc4c5ccccc5n(-c5ccccc5)c4c3)n2)cc1. The fourth-order valence-corrected chi connectivity index (χ4v) is 6.38. The van der Waals surface area contributed by atoms with Crippen LogP contribution in [0.25, 0.3) is 83.3 Å². The van der Waals surface area contributed by atoms with E-state index in [2.05, 4.69) is 120 Å². The maximum atomic E-state index is 6.42. The molecule has 4 nitrogen and oxygen atoms in total. The second-order valence-corrected chi connectivity index (χ2v) is 11.0. The number of rotatable bonds is 4. The monoisotopic (exact) mass is 563 g/mol. The van der Waals surface area contributed by atoms with Gasteiger partial charge in [-0.05, 0) is 42.5 Å². The van der Waals surface area contributed by atoms with Crippen molar-refractivity contribution in [3.63, 3.8) is 0 Å². The summed E-state index contributed by atoms with van der Waals surface area (Å²) in [6, 6.07) is 52.4. The van der Waals surface area contributed by atoms with E-state index in [1.807, 2.05) is 36.4 Å². The van der Waals surface area contributed by atoms with Crippen LogP contribution >= 0.6 is 0 Å². The molecule has 0 fully saturated rings. The van der Waals surface area contributed by atoms with Crippen LogP contribution in [-0.2, 0) is 0 Å². The van der Waals surface area contributed by atoms with E-state index in [-0.39, 0.29) is 0 Å². The van der Waals surface area contributed by atoms with Gasteiger partial charge in [-0.2, -0.15) is 0 Å². The van der Waals surface area contributed by atoms with Crippen LogP contribution in [0.2, 0.25) is 0 Å². The molecule has 0 aliphatic carbocycles. The fourth-order valence-electron chi connectivity index (χ4n) is 6.38. The normalized spacial score (nSPS) is 11.6. The molecule has 0 radical (unpaired) electrons. The van der Waals surface area contributed by atoms with Crippen molar-refractivity contribution in [1.29, 1.82) is 0 Å². The maximum absolute atomic E-state index is 6.42. The number of hydrogen-bond donors (Lipinski definition) is 0. The van der Waals surface area contributed by atoms with Gasteiger partial charge in [0, 0.05) is 43.9 Å². The summed E-state index contributed by atoms with van der Waals surface area (Å²) in [5.74, 6) is 0.668. The molecule has 9 rings (SSSR count). The van der Waals surface area contributed by atoms with Crippen molar-refractivity contribution in [2.45, 2.75) is 0 Å². The Labute approximate surface area is 253 Å². The molecular weight excluding hydrogens is 538 g/mol. The van der Waals surface area contributed by atoms with Gasteiger partial charge in [-0.25, -0.2) is 9.97 Å². The molecule has 0 bridgehead atoms. The zero-order chi connectivity index (χ0) is 29.0. The molecule has 3 heterocycles. The molecule has 3 aromatic heterocycles. The molecule has 9 aromatic rings. The van der Waals surface area contributed by atoms with E-state index < -0.39 is 0 Å². The molecule has 4 heteroatoms. The summed E-state index contributed by atoms with van der Waals surface area (Å²) in [4.78, 5) is 10.3.